The molecule has 2 N–H and O–H groups in total. The second-order valence-corrected chi connectivity index (χ2v) is 5.56. The van der Waals surface area contributed by atoms with Crippen LogP contribution in [0.2, 0.25) is 5.02 Å². The molecule has 134 valence electrons. The monoisotopic (exact) mass is 373 g/mol. The summed E-state index contributed by atoms with van der Waals surface area (Å²) in [5.41, 5.74) is 1.18. The SMILES string of the molecule is COc1cc(NC(=O)CC(=O)Nc2cccc(C#N)c2)c(OC)cc1Cl. The fourth-order valence-corrected chi connectivity index (χ4v) is 2.40. The molecule has 0 saturated carbocycles. The van der Waals surface area contributed by atoms with Gasteiger partial charge in [0, 0.05) is 17.8 Å². The topological polar surface area (TPSA) is 100 Å². The summed E-state index contributed by atoms with van der Waals surface area (Å²) in [5, 5.41) is 14.3. The predicted molar refractivity (Wildman–Crippen MR) is 97.6 cm³/mol. The lowest BCUT2D eigenvalue weighted by atomic mass is 10.2. The number of nitrogens with one attached hydrogen (secondary N) is 2. The third-order valence-electron chi connectivity index (χ3n) is 3.34. The van der Waals surface area contributed by atoms with Crippen LogP contribution >= 0.6 is 11.6 Å². The number of methoxy groups -OCH3 is 2. The molecule has 2 rings (SSSR count). The molecule has 2 aromatic rings. The number of hydrogen-bond donors (Lipinski definition) is 2. The van der Waals surface area contributed by atoms with Gasteiger partial charge in [-0.05, 0) is 18.2 Å². The van der Waals surface area contributed by atoms with E-state index in [9.17, 15) is 9.59 Å². The third kappa shape index (κ3) is 4.88. The van der Waals surface area contributed by atoms with Crippen LogP contribution in [-0.4, -0.2) is 26.0 Å². The summed E-state index contributed by atoms with van der Waals surface area (Å²) in [6.07, 6.45) is -0.412. The van der Waals surface area contributed by atoms with Crippen molar-refractivity contribution in [3.05, 3.63) is 47.0 Å². The van der Waals surface area contributed by atoms with Gasteiger partial charge in [0.1, 0.15) is 17.9 Å². The van der Waals surface area contributed by atoms with Gasteiger partial charge < -0.3 is 20.1 Å². The molecule has 0 heterocycles. The second-order valence-electron chi connectivity index (χ2n) is 5.15. The first-order valence-corrected chi connectivity index (χ1v) is 7.86. The molecule has 0 fully saturated rings. The molecule has 0 bridgehead atoms. The number of hydrogen-bond acceptors (Lipinski definition) is 5. The average molecular weight is 374 g/mol. The van der Waals surface area contributed by atoms with Crippen LogP contribution in [0.3, 0.4) is 0 Å². The molecule has 0 radical (unpaired) electrons. The van der Waals surface area contributed by atoms with Crippen LogP contribution in [0, 0.1) is 11.3 Å². The van der Waals surface area contributed by atoms with Gasteiger partial charge in [-0.2, -0.15) is 5.26 Å². The van der Waals surface area contributed by atoms with E-state index in [1.807, 2.05) is 6.07 Å². The average Bonchev–Trinajstić information content (AvgIpc) is 2.62. The smallest absolute Gasteiger partial charge is 0.233 e. The predicted octanol–water partition coefficient (Wildman–Crippen LogP) is 3.20. The molecule has 0 aromatic heterocycles. The van der Waals surface area contributed by atoms with E-state index in [0.717, 1.165) is 0 Å². The lowest BCUT2D eigenvalue weighted by Gasteiger charge is -2.13. The molecule has 0 aliphatic rings. The van der Waals surface area contributed by atoms with E-state index in [0.29, 0.717) is 33.5 Å². The zero-order valence-corrected chi connectivity index (χ0v) is 14.9. The van der Waals surface area contributed by atoms with Gasteiger partial charge in [-0.1, -0.05) is 17.7 Å². The van der Waals surface area contributed by atoms with Crippen LogP contribution in [0.15, 0.2) is 36.4 Å². The number of ether oxygens (including phenoxy) is 2. The fraction of sp³-hybridized carbons (Fsp3) is 0.167. The molecule has 0 unspecified atom stereocenters. The summed E-state index contributed by atoms with van der Waals surface area (Å²) in [7, 11) is 2.88. The number of nitriles is 1. The van der Waals surface area contributed by atoms with E-state index >= 15 is 0 Å². The van der Waals surface area contributed by atoms with E-state index in [4.69, 9.17) is 26.3 Å². The number of amides is 2. The van der Waals surface area contributed by atoms with E-state index in [-0.39, 0.29) is 0 Å². The number of benzene rings is 2. The molecule has 8 heteroatoms. The Kier molecular flexibility index (Phi) is 6.42. The summed E-state index contributed by atoms with van der Waals surface area (Å²) in [5.74, 6) is -0.356. The zero-order chi connectivity index (χ0) is 19.1. The highest BCUT2D eigenvalue weighted by atomic mass is 35.5. The van der Waals surface area contributed by atoms with Gasteiger partial charge in [0.25, 0.3) is 0 Å². The Morgan fingerprint density at radius 1 is 1.08 bits per heavy atom. The van der Waals surface area contributed by atoms with Crippen LogP contribution in [0.4, 0.5) is 11.4 Å². The van der Waals surface area contributed by atoms with Crippen molar-refractivity contribution in [1.82, 2.24) is 0 Å². The molecule has 2 aromatic carbocycles. The highest BCUT2D eigenvalue weighted by Crippen LogP contribution is 2.35. The minimum absolute atomic E-state index is 0.331. The Labute approximate surface area is 155 Å². The molecule has 0 aliphatic heterocycles. The summed E-state index contributed by atoms with van der Waals surface area (Å²) < 4.78 is 10.3. The first-order valence-electron chi connectivity index (χ1n) is 7.48. The number of anilines is 2. The molecule has 0 spiro atoms. The van der Waals surface area contributed by atoms with Gasteiger partial charge in [0.15, 0.2) is 0 Å². The van der Waals surface area contributed by atoms with Crippen LogP contribution in [-0.2, 0) is 9.59 Å². The minimum atomic E-state index is -0.540. The van der Waals surface area contributed by atoms with Crippen molar-refractivity contribution in [3.8, 4) is 17.6 Å². The highest BCUT2D eigenvalue weighted by molar-refractivity contribution is 6.32. The van der Waals surface area contributed by atoms with Crippen molar-refractivity contribution < 1.29 is 19.1 Å². The number of halogens is 1. The molecular formula is C18H16ClN3O4. The Balaban J connectivity index is 2.04. The Hall–Kier alpha value is -3.24. The number of carbonyl (C=O) groups excluding carboxylic acids is 2. The Morgan fingerprint density at radius 2 is 1.77 bits per heavy atom. The minimum Gasteiger partial charge on any atom is -0.495 e. The van der Waals surface area contributed by atoms with Gasteiger partial charge >= 0.3 is 0 Å². The van der Waals surface area contributed by atoms with Gasteiger partial charge in [-0.25, -0.2) is 0 Å². The van der Waals surface area contributed by atoms with Crippen molar-refractivity contribution in [1.29, 1.82) is 5.26 Å². The maximum atomic E-state index is 12.1. The van der Waals surface area contributed by atoms with Crippen LogP contribution < -0.4 is 20.1 Å². The van der Waals surface area contributed by atoms with Crippen LogP contribution in [0.1, 0.15) is 12.0 Å². The van der Waals surface area contributed by atoms with E-state index in [2.05, 4.69) is 10.6 Å². The summed E-state index contributed by atoms with van der Waals surface area (Å²) in [6, 6.07) is 11.4. The van der Waals surface area contributed by atoms with Crippen molar-refractivity contribution in [2.24, 2.45) is 0 Å². The zero-order valence-electron chi connectivity index (χ0n) is 14.1. The second kappa shape index (κ2) is 8.74. The molecule has 0 aliphatic carbocycles. The van der Waals surface area contributed by atoms with Gasteiger partial charge in [0.2, 0.25) is 11.8 Å². The maximum absolute atomic E-state index is 12.1. The van der Waals surface area contributed by atoms with Crippen molar-refractivity contribution in [2.75, 3.05) is 24.9 Å². The fourth-order valence-electron chi connectivity index (χ4n) is 2.17. The van der Waals surface area contributed by atoms with Crippen molar-refractivity contribution in [3.63, 3.8) is 0 Å². The standard InChI is InChI=1S/C18H16ClN3O4/c1-25-15-8-14(16(26-2)7-13(15)19)22-18(24)9-17(23)21-12-5-3-4-11(6-12)10-20/h3-8H,9H2,1-2H3,(H,21,23)(H,22,24). The van der Waals surface area contributed by atoms with Gasteiger partial charge in [-0.3, -0.25) is 9.59 Å². The highest BCUT2D eigenvalue weighted by Gasteiger charge is 2.15. The summed E-state index contributed by atoms with van der Waals surface area (Å²) >= 11 is 6.01. The van der Waals surface area contributed by atoms with Crippen LogP contribution in [0.25, 0.3) is 0 Å². The number of rotatable bonds is 6. The number of nitrogens with zero attached hydrogens (tertiary/aromatic N) is 1. The molecular weight excluding hydrogens is 358 g/mol. The van der Waals surface area contributed by atoms with Gasteiger partial charge in [-0.15, -0.1) is 0 Å². The molecule has 7 nitrogen and oxygen atoms in total. The molecule has 2 amide bonds. The molecule has 0 saturated heterocycles. The largest absolute Gasteiger partial charge is 0.495 e. The van der Waals surface area contributed by atoms with Crippen molar-refractivity contribution in [2.45, 2.75) is 6.42 Å². The molecule has 0 atom stereocenters. The lowest BCUT2D eigenvalue weighted by Crippen LogP contribution is -2.21. The maximum Gasteiger partial charge on any atom is 0.233 e. The summed E-state index contributed by atoms with van der Waals surface area (Å²) in [6.45, 7) is 0. The molecule has 26 heavy (non-hydrogen) atoms. The number of carbonyl (C=O) groups is 2. The first kappa shape index (κ1) is 19.1. The van der Waals surface area contributed by atoms with E-state index in [1.165, 1.54) is 32.4 Å². The lowest BCUT2D eigenvalue weighted by molar-refractivity contribution is -0.123. The third-order valence-corrected chi connectivity index (χ3v) is 3.64. The van der Waals surface area contributed by atoms with Crippen LogP contribution in [0.5, 0.6) is 11.5 Å². The quantitative estimate of drug-likeness (QED) is 0.757. The first-order chi connectivity index (χ1) is 12.5. The normalized spacial score (nSPS) is 9.77. The Morgan fingerprint density at radius 3 is 2.42 bits per heavy atom. The van der Waals surface area contributed by atoms with Gasteiger partial charge in [0.05, 0.1) is 36.6 Å². The van der Waals surface area contributed by atoms with Crippen molar-refractivity contribution >= 4 is 34.8 Å². The Bertz CT molecular complexity index is 877. The van der Waals surface area contributed by atoms with E-state index in [1.54, 1.807) is 18.2 Å². The summed E-state index contributed by atoms with van der Waals surface area (Å²) in [4.78, 5) is 24.1. The van der Waals surface area contributed by atoms with E-state index < -0.39 is 18.2 Å².